The van der Waals surface area contributed by atoms with E-state index in [4.69, 9.17) is 0 Å². The smallest absolute Gasteiger partial charge is 0.253 e. The first-order chi connectivity index (χ1) is 15.7. The Kier molecular flexibility index (Phi) is 8.06. The predicted octanol–water partition coefficient (Wildman–Crippen LogP) is 5.04. The summed E-state index contributed by atoms with van der Waals surface area (Å²) in [7, 11) is 0.0139. The summed E-state index contributed by atoms with van der Waals surface area (Å²) in [5.41, 5.74) is 4.40. The van der Waals surface area contributed by atoms with Gasteiger partial charge in [-0.15, -0.1) is 0 Å². The van der Waals surface area contributed by atoms with Crippen LogP contribution in [0.4, 0.5) is 0 Å². The van der Waals surface area contributed by atoms with E-state index >= 15 is 0 Å². The van der Waals surface area contributed by atoms with Crippen molar-refractivity contribution in [2.24, 2.45) is 5.92 Å². The molecule has 0 atom stereocenters. The van der Waals surface area contributed by atoms with Gasteiger partial charge < -0.3 is 4.90 Å². The number of carbonyl (C=O) groups excluding carboxylic acids is 1. The Balaban J connectivity index is 1.76. The molecule has 0 fully saturated rings. The Morgan fingerprint density at radius 3 is 1.85 bits per heavy atom. The molecule has 0 saturated heterocycles. The number of rotatable bonds is 9. The highest BCUT2D eigenvalue weighted by Gasteiger charge is 2.23. The number of amides is 1. The lowest BCUT2D eigenvalue weighted by Gasteiger charge is -2.24. The average molecular weight is 465 g/mol. The summed E-state index contributed by atoms with van der Waals surface area (Å²) in [6.45, 7) is 4.86. The molecule has 3 aromatic carbocycles. The van der Waals surface area contributed by atoms with Crippen molar-refractivity contribution < 1.29 is 13.2 Å². The third-order valence-corrected chi connectivity index (χ3v) is 7.10. The first kappa shape index (κ1) is 24.7. The van der Waals surface area contributed by atoms with E-state index in [9.17, 15) is 13.2 Å². The highest BCUT2D eigenvalue weighted by Crippen LogP contribution is 2.23. The van der Waals surface area contributed by atoms with Crippen LogP contribution in [0.15, 0.2) is 78.9 Å². The van der Waals surface area contributed by atoms with E-state index in [1.54, 1.807) is 23.3 Å². The van der Waals surface area contributed by atoms with E-state index in [1.807, 2.05) is 92.7 Å². The molecule has 3 rings (SSSR count). The van der Waals surface area contributed by atoms with Gasteiger partial charge in [0.1, 0.15) is 0 Å². The Labute approximate surface area is 197 Å². The molecule has 0 spiro atoms. The zero-order valence-electron chi connectivity index (χ0n) is 19.7. The Morgan fingerprint density at radius 2 is 1.33 bits per heavy atom. The van der Waals surface area contributed by atoms with Crippen molar-refractivity contribution in [3.05, 3.63) is 95.6 Å². The summed E-state index contributed by atoms with van der Waals surface area (Å²) in [5, 5.41) is 0. The molecular formula is C27H32N2O3S. The minimum absolute atomic E-state index is 0.00331. The van der Waals surface area contributed by atoms with Crippen LogP contribution < -0.4 is 0 Å². The van der Waals surface area contributed by atoms with Gasteiger partial charge >= 0.3 is 0 Å². The maximum absolute atomic E-state index is 13.2. The Hall–Kier alpha value is -2.96. The predicted molar refractivity (Wildman–Crippen MR) is 134 cm³/mol. The van der Waals surface area contributed by atoms with Crippen LogP contribution in [0.25, 0.3) is 11.1 Å². The molecule has 0 saturated carbocycles. The third-order valence-electron chi connectivity index (χ3n) is 5.34. The van der Waals surface area contributed by atoms with Gasteiger partial charge in [0.05, 0.1) is 5.75 Å². The highest BCUT2D eigenvalue weighted by molar-refractivity contribution is 7.88. The lowest BCUT2D eigenvalue weighted by atomic mass is 10.0. The van der Waals surface area contributed by atoms with Crippen LogP contribution in [-0.2, 0) is 22.3 Å². The zero-order valence-corrected chi connectivity index (χ0v) is 20.5. The lowest BCUT2D eigenvalue weighted by Crippen LogP contribution is -2.34. The lowest BCUT2D eigenvalue weighted by molar-refractivity contribution is 0.0827. The van der Waals surface area contributed by atoms with E-state index in [1.165, 1.54) is 0 Å². The molecule has 0 radical (unpaired) electrons. The van der Waals surface area contributed by atoms with Crippen LogP contribution in [0.5, 0.6) is 0 Å². The van der Waals surface area contributed by atoms with Gasteiger partial charge in [-0.3, -0.25) is 4.79 Å². The number of carbonyl (C=O) groups is 1. The van der Waals surface area contributed by atoms with Crippen LogP contribution in [0.2, 0.25) is 0 Å². The maximum Gasteiger partial charge on any atom is 0.253 e. The first-order valence-corrected chi connectivity index (χ1v) is 12.7. The molecule has 0 aliphatic carbocycles. The second-order valence-electron chi connectivity index (χ2n) is 8.90. The topological polar surface area (TPSA) is 57.7 Å². The van der Waals surface area contributed by atoms with Crippen LogP contribution in [0.3, 0.4) is 0 Å². The van der Waals surface area contributed by atoms with E-state index in [2.05, 4.69) is 0 Å². The van der Waals surface area contributed by atoms with E-state index in [-0.39, 0.29) is 17.6 Å². The van der Waals surface area contributed by atoms with Crippen molar-refractivity contribution >= 4 is 15.9 Å². The molecule has 174 valence electrons. The van der Waals surface area contributed by atoms with E-state index < -0.39 is 10.0 Å². The normalized spacial score (nSPS) is 11.7. The Bertz CT molecular complexity index is 1150. The number of hydrogen-bond acceptors (Lipinski definition) is 3. The number of hydrogen-bond donors (Lipinski definition) is 0. The zero-order chi connectivity index (χ0) is 24.0. The van der Waals surface area contributed by atoms with Crippen molar-refractivity contribution in [2.75, 3.05) is 20.6 Å². The molecule has 0 aliphatic rings. The van der Waals surface area contributed by atoms with Gasteiger partial charge in [0.2, 0.25) is 10.0 Å². The summed E-state index contributed by atoms with van der Waals surface area (Å²) in [4.78, 5) is 13.6. The second-order valence-corrected chi connectivity index (χ2v) is 10.9. The van der Waals surface area contributed by atoms with Crippen LogP contribution in [0, 0.1) is 5.92 Å². The monoisotopic (exact) mass is 464 g/mol. The third kappa shape index (κ3) is 6.76. The van der Waals surface area contributed by atoms with Gasteiger partial charge in [-0.2, -0.15) is 4.31 Å². The molecule has 0 bridgehead atoms. The Morgan fingerprint density at radius 1 is 0.788 bits per heavy atom. The molecule has 5 nitrogen and oxygen atoms in total. The van der Waals surface area contributed by atoms with E-state index in [0.29, 0.717) is 18.7 Å². The summed E-state index contributed by atoms with van der Waals surface area (Å²) in [6.07, 6.45) is 0. The largest absolute Gasteiger partial charge is 0.345 e. The fourth-order valence-electron chi connectivity index (χ4n) is 3.63. The summed E-state index contributed by atoms with van der Waals surface area (Å²) >= 11 is 0. The summed E-state index contributed by atoms with van der Waals surface area (Å²) in [5.74, 6) is 0.188. The second kappa shape index (κ2) is 10.8. The molecule has 0 heterocycles. The van der Waals surface area contributed by atoms with Gasteiger partial charge in [-0.1, -0.05) is 80.6 Å². The van der Waals surface area contributed by atoms with E-state index in [0.717, 1.165) is 22.3 Å². The molecule has 3 aromatic rings. The quantitative estimate of drug-likeness (QED) is 0.446. The SMILES string of the molecule is CC(C)CN(Cc1ccc(-c2ccc(C(=O)N(C)C)cc2)cc1)S(=O)(=O)Cc1ccccc1. The standard InChI is InChI=1S/C27H32N2O3S/c1-21(2)18-29(33(31,32)20-23-8-6-5-7-9-23)19-22-10-12-24(13-11-22)25-14-16-26(17-15-25)27(30)28(3)4/h5-17,21H,18-20H2,1-4H3. The number of nitrogens with zero attached hydrogens (tertiary/aromatic N) is 2. The first-order valence-electron chi connectivity index (χ1n) is 11.1. The number of sulfonamides is 1. The summed E-state index contributed by atoms with van der Waals surface area (Å²) in [6, 6.07) is 24.7. The molecule has 33 heavy (non-hydrogen) atoms. The van der Waals surface area contributed by atoms with Gasteiger partial charge in [0.25, 0.3) is 5.91 Å². The molecule has 0 N–H and O–H groups in total. The maximum atomic E-state index is 13.2. The average Bonchev–Trinajstić information content (AvgIpc) is 2.79. The summed E-state index contributed by atoms with van der Waals surface area (Å²) < 4.78 is 27.9. The van der Waals surface area contributed by atoms with Crippen molar-refractivity contribution in [1.29, 1.82) is 0 Å². The van der Waals surface area contributed by atoms with Gasteiger partial charge in [0.15, 0.2) is 0 Å². The fraction of sp³-hybridized carbons (Fsp3) is 0.296. The molecule has 0 aliphatic heterocycles. The fourth-order valence-corrected chi connectivity index (χ4v) is 5.30. The van der Waals surface area contributed by atoms with Crippen molar-refractivity contribution in [3.8, 4) is 11.1 Å². The molecular weight excluding hydrogens is 432 g/mol. The minimum atomic E-state index is -3.45. The van der Waals surface area contributed by atoms with Crippen molar-refractivity contribution in [1.82, 2.24) is 9.21 Å². The highest BCUT2D eigenvalue weighted by atomic mass is 32.2. The van der Waals surface area contributed by atoms with Gasteiger partial charge in [-0.25, -0.2) is 8.42 Å². The molecule has 0 unspecified atom stereocenters. The van der Waals surface area contributed by atoms with Crippen molar-refractivity contribution in [3.63, 3.8) is 0 Å². The minimum Gasteiger partial charge on any atom is -0.345 e. The molecule has 1 amide bonds. The molecule has 0 aromatic heterocycles. The molecule has 6 heteroatoms. The van der Waals surface area contributed by atoms with Crippen LogP contribution in [-0.4, -0.2) is 44.2 Å². The van der Waals surface area contributed by atoms with Gasteiger partial charge in [0, 0.05) is 32.7 Å². The van der Waals surface area contributed by atoms with Crippen molar-refractivity contribution in [2.45, 2.75) is 26.1 Å². The van der Waals surface area contributed by atoms with Crippen LogP contribution in [0.1, 0.15) is 35.3 Å². The van der Waals surface area contributed by atoms with Gasteiger partial charge in [-0.05, 0) is 40.3 Å². The number of benzene rings is 3. The van der Waals surface area contributed by atoms with Crippen LogP contribution >= 0.6 is 0 Å².